The molecule has 196 valence electrons. The molecule has 3 aliphatic rings. The lowest BCUT2D eigenvalue weighted by atomic mass is 9.70. The zero-order chi connectivity index (χ0) is 26.3. The molecule has 3 heterocycles. The molecule has 1 spiro atoms. The number of anilines is 1. The van der Waals surface area contributed by atoms with Gasteiger partial charge >= 0.3 is 0 Å². The van der Waals surface area contributed by atoms with E-state index in [-0.39, 0.29) is 34.4 Å². The van der Waals surface area contributed by atoms with E-state index in [4.69, 9.17) is 4.74 Å². The van der Waals surface area contributed by atoms with Crippen molar-refractivity contribution in [2.24, 2.45) is 11.8 Å². The lowest BCUT2D eigenvalue weighted by molar-refractivity contribution is -0.141. The first-order valence-electron chi connectivity index (χ1n) is 12.3. The summed E-state index contributed by atoms with van der Waals surface area (Å²) in [6, 6.07) is 15.2. The highest BCUT2D eigenvalue weighted by Gasteiger charge is 2.76. The van der Waals surface area contributed by atoms with Crippen molar-refractivity contribution >= 4 is 51.1 Å². The van der Waals surface area contributed by atoms with Crippen molar-refractivity contribution in [1.82, 2.24) is 10.2 Å². The first-order chi connectivity index (χ1) is 17.8. The number of hydrogen-bond donors (Lipinski definition) is 3. The van der Waals surface area contributed by atoms with Crippen molar-refractivity contribution in [3.8, 4) is 5.75 Å². The second-order valence-corrected chi connectivity index (χ2v) is 12.6. The second kappa shape index (κ2) is 10.3. The zero-order valence-corrected chi connectivity index (χ0v) is 23.0. The summed E-state index contributed by atoms with van der Waals surface area (Å²) in [5, 5.41) is 15.8. The minimum Gasteiger partial charge on any atom is -0.497 e. The number of alkyl halides is 1. The standard InChI is InChI=1S/C27H30BrN3O5S/c1-15(14-32)31-23(25(34)30-17-8-10-18(36-2)11-9-17)27-12-19(28)22(37-27)20(21(27)26(31)35)24(33)29-13-16-6-4-3-5-7-16/h3-11,15,19-23,32H,12-14H2,1-2H3,(H,29,33)(H,30,34)/t15-,19?,20-,21+,22-,23?,27?/m1/s1. The van der Waals surface area contributed by atoms with Gasteiger partial charge in [-0.15, -0.1) is 11.8 Å². The Balaban J connectivity index is 1.45. The molecule has 0 saturated carbocycles. The highest BCUT2D eigenvalue weighted by molar-refractivity contribution is 9.09. The number of aliphatic hydroxyl groups excluding tert-OH is 1. The van der Waals surface area contributed by atoms with E-state index in [2.05, 4.69) is 26.6 Å². The molecule has 10 heteroatoms. The molecule has 3 aliphatic heterocycles. The average molecular weight is 589 g/mol. The number of thioether (sulfide) groups is 1. The maximum absolute atomic E-state index is 13.9. The highest BCUT2D eigenvalue weighted by atomic mass is 79.9. The lowest BCUT2D eigenvalue weighted by Crippen LogP contribution is -2.54. The molecule has 3 amide bonds. The number of nitrogens with zero attached hydrogens (tertiary/aromatic N) is 1. The summed E-state index contributed by atoms with van der Waals surface area (Å²) in [6.45, 7) is 1.82. The third-order valence-corrected chi connectivity index (χ3v) is 10.9. The number of likely N-dealkylation sites (tertiary alicyclic amines) is 1. The van der Waals surface area contributed by atoms with Gasteiger partial charge in [0.1, 0.15) is 11.8 Å². The van der Waals surface area contributed by atoms with E-state index in [1.807, 2.05) is 30.3 Å². The van der Waals surface area contributed by atoms with Gasteiger partial charge in [0.05, 0.1) is 36.3 Å². The van der Waals surface area contributed by atoms with Gasteiger partial charge < -0.3 is 25.4 Å². The summed E-state index contributed by atoms with van der Waals surface area (Å²) in [7, 11) is 1.57. The number of methoxy groups -OCH3 is 1. The summed E-state index contributed by atoms with van der Waals surface area (Å²) in [6.07, 6.45) is 0.580. The minimum absolute atomic E-state index is 0.0188. The molecule has 7 atom stereocenters. The van der Waals surface area contributed by atoms with Crippen molar-refractivity contribution in [3.63, 3.8) is 0 Å². The first kappa shape index (κ1) is 26.1. The van der Waals surface area contributed by atoms with Crippen LogP contribution in [0, 0.1) is 11.8 Å². The number of aliphatic hydroxyl groups is 1. The number of carbonyl (C=O) groups excluding carboxylic acids is 3. The van der Waals surface area contributed by atoms with Gasteiger partial charge in [-0.3, -0.25) is 14.4 Å². The summed E-state index contributed by atoms with van der Waals surface area (Å²) >= 11 is 5.33. The fraction of sp³-hybridized carbons (Fsp3) is 0.444. The summed E-state index contributed by atoms with van der Waals surface area (Å²) in [4.78, 5) is 42.8. The Morgan fingerprint density at radius 3 is 2.54 bits per heavy atom. The molecule has 3 unspecified atom stereocenters. The van der Waals surface area contributed by atoms with Gasteiger partial charge in [0, 0.05) is 22.3 Å². The van der Waals surface area contributed by atoms with Gasteiger partial charge in [-0.05, 0) is 43.2 Å². The molecule has 2 bridgehead atoms. The predicted molar refractivity (Wildman–Crippen MR) is 146 cm³/mol. The minimum atomic E-state index is -0.823. The van der Waals surface area contributed by atoms with Crippen LogP contribution in [-0.2, 0) is 20.9 Å². The van der Waals surface area contributed by atoms with E-state index in [1.165, 1.54) is 4.90 Å². The van der Waals surface area contributed by atoms with Crippen LogP contribution in [0.5, 0.6) is 5.75 Å². The van der Waals surface area contributed by atoms with E-state index < -0.39 is 28.7 Å². The third kappa shape index (κ3) is 4.42. The van der Waals surface area contributed by atoms with Crippen molar-refractivity contribution in [2.45, 2.75) is 46.8 Å². The number of carbonyl (C=O) groups is 3. The van der Waals surface area contributed by atoms with Crippen molar-refractivity contribution < 1.29 is 24.2 Å². The quantitative estimate of drug-likeness (QED) is 0.410. The Kier molecular flexibility index (Phi) is 7.26. The van der Waals surface area contributed by atoms with Gasteiger partial charge in [-0.1, -0.05) is 46.3 Å². The molecule has 0 aromatic heterocycles. The van der Waals surface area contributed by atoms with Crippen LogP contribution in [0.3, 0.4) is 0 Å². The monoisotopic (exact) mass is 587 g/mol. The average Bonchev–Trinajstić information content (AvgIpc) is 3.51. The number of benzene rings is 2. The third-order valence-electron chi connectivity index (χ3n) is 7.68. The van der Waals surface area contributed by atoms with Crippen molar-refractivity contribution in [3.05, 3.63) is 60.2 Å². The van der Waals surface area contributed by atoms with Crippen LogP contribution in [0.1, 0.15) is 18.9 Å². The maximum Gasteiger partial charge on any atom is 0.248 e. The van der Waals surface area contributed by atoms with E-state index in [0.717, 1.165) is 5.56 Å². The van der Waals surface area contributed by atoms with Crippen LogP contribution in [-0.4, -0.2) is 68.4 Å². The molecule has 5 rings (SSSR count). The maximum atomic E-state index is 13.9. The van der Waals surface area contributed by atoms with Crippen LogP contribution in [0.2, 0.25) is 0 Å². The van der Waals surface area contributed by atoms with Crippen LogP contribution >= 0.6 is 27.7 Å². The molecule has 37 heavy (non-hydrogen) atoms. The number of nitrogens with one attached hydrogen (secondary N) is 2. The van der Waals surface area contributed by atoms with E-state index in [1.54, 1.807) is 50.1 Å². The van der Waals surface area contributed by atoms with Crippen LogP contribution in [0.4, 0.5) is 5.69 Å². The molecular weight excluding hydrogens is 558 g/mol. The summed E-state index contributed by atoms with van der Waals surface area (Å²) in [5.41, 5.74) is 1.56. The van der Waals surface area contributed by atoms with Crippen LogP contribution in [0.15, 0.2) is 54.6 Å². The second-order valence-electron chi connectivity index (χ2n) is 9.86. The zero-order valence-electron chi connectivity index (χ0n) is 20.6. The molecule has 3 N–H and O–H groups in total. The van der Waals surface area contributed by atoms with Crippen LogP contribution in [0.25, 0.3) is 0 Å². The Morgan fingerprint density at radius 1 is 1.19 bits per heavy atom. The molecule has 3 saturated heterocycles. The Hall–Kier alpha value is -2.56. The number of amides is 3. The number of fused-ring (bicyclic) bond motifs is 1. The smallest absolute Gasteiger partial charge is 0.248 e. The van der Waals surface area contributed by atoms with Crippen LogP contribution < -0.4 is 15.4 Å². The molecule has 0 radical (unpaired) electrons. The van der Waals surface area contributed by atoms with Crippen molar-refractivity contribution in [1.29, 1.82) is 0 Å². The lowest BCUT2D eigenvalue weighted by Gasteiger charge is -2.36. The Morgan fingerprint density at radius 2 is 1.89 bits per heavy atom. The van der Waals surface area contributed by atoms with Gasteiger partial charge in [-0.2, -0.15) is 0 Å². The fourth-order valence-corrected chi connectivity index (χ4v) is 9.62. The summed E-state index contributed by atoms with van der Waals surface area (Å²) in [5.74, 6) is -1.30. The van der Waals surface area contributed by atoms with Crippen molar-refractivity contribution in [2.75, 3.05) is 19.0 Å². The normalized spacial score (nSPS) is 30.6. The summed E-state index contributed by atoms with van der Waals surface area (Å²) < 4.78 is 4.43. The highest BCUT2D eigenvalue weighted by Crippen LogP contribution is 2.68. The van der Waals surface area contributed by atoms with Gasteiger partial charge in [-0.25, -0.2) is 0 Å². The van der Waals surface area contributed by atoms with Gasteiger partial charge in [0.2, 0.25) is 17.7 Å². The number of hydrogen-bond acceptors (Lipinski definition) is 6. The van der Waals surface area contributed by atoms with E-state index in [0.29, 0.717) is 24.4 Å². The SMILES string of the molecule is COc1ccc(NC(=O)C2N([C@H](C)CO)C(=O)[C@@H]3[C@@H](C(=O)NCc4ccccc4)[C@@H]4SC23CC4Br)cc1. The molecule has 3 fully saturated rings. The molecule has 2 aromatic carbocycles. The topological polar surface area (TPSA) is 108 Å². The van der Waals surface area contributed by atoms with E-state index in [9.17, 15) is 19.5 Å². The first-order valence-corrected chi connectivity index (χ1v) is 14.1. The predicted octanol–water partition coefficient (Wildman–Crippen LogP) is 2.80. The van der Waals surface area contributed by atoms with E-state index >= 15 is 0 Å². The Labute approximate surface area is 228 Å². The fourth-order valence-electron chi connectivity index (χ4n) is 6.02. The van der Waals surface area contributed by atoms with Gasteiger partial charge in [0.25, 0.3) is 0 Å². The molecule has 8 nitrogen and oxygen atoms in total. The largest absolute Gasteiger partial charge is 0.497 e. The Bertz CT molecular complexity index is 1180. The number of ether oxygens (including phenoxy) is 1. The molecule has 0 aliphatic carbocycles. The number of halogens is 1. The number of rotatable bonds is 8. The van der Waals surface area contributed by atoms with Gasteiger partial charge in [0.15, 0.2) is 0 Å². The molecule has 2 aromatic rings. The molecular formula is C27H30BrN3O5S.